The molecule has 0 bridgehead atoms. The van der Waals surface area contributed by atoms with Crippen molar-refractivity contribution in [3.63, 3.8) is 0 Å². The number of Topliss-reactive ketones (excluding diaryl/α,β-unsaturated/α-hetero) is 1. The minimum Gasteiger partial charge on any atom is -0.352 e. The van der Waals surface area contributed by atoms with Crippen molar-refractivity contribution in [1.29, 1.82) is 0 Å². The van der Waals surface area contributed by atoms with Gasteiger partial charge < -0.3 is 5.32 Å². The predicted octanol–water partition coefficient (Wildman–Crippen LogP) is 5.28. The molecule has 0 saturated carbocycles. The lowest BCUT2D eigenvalue weighted by Crippen LogP contribution is -2.26. The van der Waals surface area contributed by atoms with Crippen molar-refractivity contribution in [2.24, 2.45) is 5.92 Å². The van der Waals surface area contributed by atoms with Crippen molar-refractivity contribution in [2.45, 2.75) is 25.4 Å². The number of hydrogen-bond acceptors (Lipinski definition) is 5. The molecule has 36 heavy (non-hydrogen) atoms. The van der Waals surface area contributed by atoms with Crippen LogP contribution in [-0.4, -0.2) is 33.5 Å². The monoisotopic (exact) mass is 503 g/mol. The molecule has 0 aliphatic carbocycles. The maximum atomic E-state index is 13.6. The number of hydrogen-bond donors (Lipinski definition) is 1. The van der Waals surface area contributed by atoms with E-state index in [1.807, 2.05) is 6.07 Å². The number of nitrogens with one attached hydrogen (secondary N) is 1. The molecular weight excluding hydrogens is 477 g/mol. The number of benzene rings is 3. The maximum Gasteiger partial charge on any atom is 0.266 e. The smallest absolute Gasteiger partial charge is 0.266 e. The summed E-state index contributed by atoms with van der Waals surface area (Å²) in [5.74, 6) is -0.262. The first-order chi connectivity index (χ1) is 17.3. The van der Waals surface area contributed by atoms with Gasteiger partial charge in [0.05, 0.1) is 22.3 Å². The van der Waals surface area contributed by atoms with Gasteiger partial charge in [-0.3, -0.25) is 19.0 Å². The van der Waals surface area contributed by atoms with Crippen molar-refractivity contribution in [2.75, 3.05) is 12.3 Å². The normalized spacial score (nSPS) is 11.1. The summed E-state index contributed by atoms with van der Waals surface area (Å²) in [6.45, 7) is 4.72. The lowest BCUT2D eigenvalue weighted by atomic mass is 10.1. The summed E-state index contributed by atoms with van der Waals surface area (Å²) in [6.07, 6.45) is 0.857. The Morgan fingerprint density at radius 3 is 2.42 bits per heavy atom. The number of halogens is 1. The lowest BCUT2D eigenvalue weighted by molar-refractivity contribution is 0.0951. The summed E-state index contributed by atoms with van der Waals surface area (Å²) >= 11 is 1.12. The molecule has 0 aliphatic heterocycles. The zero-order valence-corrected chi connectivity index (χ0v) is 20.8. The first kappa shape index (κ1) is 25.3. The van der Waals surface area contributed by atoms with E-state index in [4.69, 9.17) is 0 Å². The molecule has 4 rings (SSSR count). The van der Waals surface area contributed by atoms with Gasteiger partial charge in [0.1, 0.15) is 5.82 Å². The minimum absolute atomic E-state index is 0.0541. The largest absolute Gasteiger partial charge is 0.352 e. The molecule has 6 nitrogen and oxygen atoms in total. The summed E-state index contributed by atoms with van der Waals surface area (Å²) in [5.41, 5.74) is 1.37. The number of carbonyl (C=O) groups excluding carboxylic acids is 2. The van der Waals surface area contributed by atoms with Crippen molar-refractivity contribution in [3.8, 4) is 5.69 Å². The Bertz CT molecular complexity index is 1450. The molecule has 0 atom stereocenters. The van der Waals surface area contributed by atoms with Crippen molar-refractivity contribution in [3.05, 3.63) is 100 Å². The highest BCUT2D eigenvalue weighted by atomic mass is 32.2. The molecule has 1 N–H and O–H groups in total. The Balaban J connectivity index is 1.72. The van der Waals surface area contributed by atoms with Gasteiger partial charge in [-0.1, -0.05) is 55.9 Å². The van der Waals surface area contributed by atoms with Crippen LogP contribution in [0.2, 0.25) is 0 Å². The summed E-state index contributed by atoms with van der Waals surface area (Å²) < 4.78 is 14.9. The molecule has 0 spiro atoms. The van der Waals surface area contributed by atoms with Crippen LogP contribution in [0.5, 0.6) is 0 Å². The minimum atomic E-state index is -0.429. The number of fused-ring (bicyclic) bond motifs is 1. The van der Waals surface area contributed by atoms with Crippen LogP contribution >= 0.6 is 11.8 Å². The molecule has 3 aromatic carbocycles. The number of carbonyl (C=O) groups is 2. The molecule has 184 valence electrons. The zero-order chi connectivity index (χ0) is 25.7. The third-order valence-electron chi connectivity index (χ3n) is 5.62. The van der Waals surface area contributed by atoms with Gasteiger partial charge in [-0.25, -0.2) is 9.37 Å². The fourth-order valence-electron chi connectivity index (χ4n) is 3.64. The molecule has 0 unspecified atom stereocenters. The van der Waals surface area contributed by atoms with E-state index in [1.165, 1.54) is 28.8 Å². The number of amides is 1. The fourth-order valence-corrected chi connectivity index (χ4v) is 4.54. The molecule has 0 radical (unpaired) electrons. The SMILES string of the molecule is CC(C)CCNC(=O)c1ccc2c(=O)n(-c3ccc(F)cc3)c(SCC(=O)c3ccccc3)nc2c1. The van der Waals surface area contributed by atoms with Gasteiger partial charge in [0.2, 0.25) is 0 Å². The van der Waals surface area contributed by atoms with Crippen molar-refractivity contribution in [1.82, 2.24) is 14.9 Å². The summed E-state index contributed by atoms with van der Waals surface area (Å²) in [7, 11) is 0. The average molecular weight is 504 g/mol. The van der Waals surface area contributed by atoms with Gasteiger partial charge in [-0.2, -0.15) is 0 Å². The molecule has 1 heterocycles. The Hall–Kier alpha value is -3.78. The van der Waals surface area contributed by atoms with E-state index in [2.05, 4.69) is 24.1 Å². The molecule has 1 aromatic heterocycles. The van der Waals surface area contributed by atoms with E-state index in [0.717, 1.165) is 18.2 Å². The molecule has 0 fully saturated rings. The van der Waals surface area contributed by atoms with Crippen LogP contribution in [0.25, 0.3) is 16.6 Å². The average Bonchev–Trinajstić information content (AvgIpc) is 2.88. The molecule has 0 aliphatic rings. The number of aromatic nitrogens is 2. The second-order valence-electron chi connectivity index (χ2n) is 8.76. The molecule has 0 saturated heterocycles. The number of nitrogens with zero attached hydrogens (tertiary/aromatic N) is 2. The number of rotatable bonds is 9. The second kappa shape index (κ2) is 11.3. The highest BCUT2D eigenvalue weighted by Crippen LogP contribution is 2.23. The van der Waals surface area contributed by atoms with E-state index < -0.39 is 5.82 Å². The Morgan fingerprint density at radius 1 is 1.00 bits per heavy atom. The quantitative estimate of drug-likeness (QED) is 0.191. The summed E-state index contributed by atoms with van der Waals surface area (Å²) in [4.78, 5) is 43.5. The Labute approximate surface area is 212 Å². The van der Waals surface area contributed by atoms with E-state index >= 15 is 0 Å². The number of thioether (sulfide) groups is 1. The highest BCUT2D eigenvalue weighted by molar-refractivity contribution is 7.99. The van der Waals surface area contributed by atoms with Crippen molar-refractivity contribution < 1.29 is 14.0 Å². The van der Waals surface area contributed by atoms with Crippen molar-refractivity contribution >= 4 is 34.4 Å². The van der Waals surface area contributed by atoms with Gasteiger partial charge >= 0.3 is 0 Å². The highest BCUT2D eigenvalue weighted by Gasteiger charge is 2.17. The van der Waals surface area contributed by atoms with Gasteiger partial charge in [-0.05, 0) is 54.8 Å². The van der Waals surface area contributed by atoms with Crippen LogP contribution in [0, 0.1) is 11.7 Å². The molecule has 8 heteroatoms. The predicted molar refractivity (Wildman–Crippen MR) is 141 cm³/mol. The van der Waals surface area contributed by atoms with E-state index in [1.54, 1.807) is 42.5 Å². The van der Waals surface area contributed by atoms with Crippen LogP contribution < -0.4 is 10.9 Å². The van der Waals surface area contributed by atoms with E-state index in [-0.39, 0.29) is 28.2 Å². The third-order valence-corrected chi connectivity index (χ3v) is 6.56. The van der Waals surface area contributed by atoms with Crippen LogP contribution in [-0.2, 0) is 0 Å². The Kier molecular flexibility index (Phi) is 7.95. The maximum absolute atomic E-state index is 13.6. The van der Waals surface area contributed by atoms with Gasteiger partial charge in [0, 0.05) is 17.7 Å². The van der Waals surface area contributed by atoms with Crippen LogP contribution in [0.15, 0.2) is 82.7 Å². The van der Waals surface area contributed by atoms with Crippen LogP contribution in [0.1, 0.15) is 41.0 Å². The topological polar surface area (TPSA) is 81.1 Å². The first-order valence-electron chi connectivity index (χ1n) is 11.7. The summed E-state index contributed by atoms with van der Waals surface area (Å²) in [6, 6.07) is 19.1. The second-order valence-corrected chi connectivity index (χ2v) is 9.70. The standard InChI is InChI=1S/C28H26FN3O3S/c1-18(2)14-15-30-26(34)20-8-13-23-24(16-20)31-28(36-17-25(33)19-6-4-3-5-7-19)32(27(23)35)22-11-9-21(29)10-12-22/h3-13,16,18H,14-15,17H2,1-2H3,(H,30,34). The Morgan fingerprint density at radius 2 is 1.72 bits per heavy atom. The molecule has 4 aromatic rings. The molecular formula is C28H26FN3O3S. The molecule has 1 amide bonds. The van der Waals surface area contributed by atoms with Gasteiger partial charge in [0.25, 0.3) is 11.5 Å². The fraction of sp³-hybridized carbons (Fsp3) is 0.214. The third kappa shape index (κ3) is 5.88. The van der Waals surface area contributed by atoms with Crippen LogP contribution in [0.4, 0.5) is 4.39 Å². The van der Waals surface area contributed by atoms with Gasteiger partial charge in [-0.15, -0.1) is 0 Å². The van der Waals surface area contributed by atoms with Crippen LogP contribution in [0.3, 0.4) is 0 Å². The van der Waals surface area contributed by atoms with Gasteiger partial charge in [0.15, 0.2) is 10.9 Å². The first-order valence-corrected chi connectivity index (χ1v) is 12.6. The van der Waals surface area contributed by atoms with E-state index in [9.17, 15) is 18.8 Å². The van der Waals surface area contributed by atoms with E-state index in [0.29, 0.717) is 40.2 Å². The zero-order valence-electron chi connectivity index (χ0n) is 20.0. The number of ketones is 1. The lowest BCUT2D eigenvalue weighted by Gasteiger charge is -2.14. The summed E-state index contributed by atoms with van der Waals surface area (Å²) in [5, 5.41) is 3.48.